The smallest absolute Gasteiger partial charge is 0.126 e. The largest absolute Gasteiger partial charge is 0.394 e. The first-order chi connectivity index (χ1) is 9.72. The van der Waals surface area contributed by atoms with Crippen molar-refractivity contribution < 1.29 is 9.84 Å². The van der Waals surface area contributed by atoms with E-state index < -0.39 is 0 Å². The molecule has 5 heteroatoms. The molecule has 0 saturated carbocycles. The van der Waals surface area contributed by atoms with Crippen LogP contribution in [0.5, 0.6) is 0 Å². The van der Waals surface area contributed by atoms with Gasteiger partial charge in [-0.1, -0.05) is 13.0 Å². The van der Waals surface area contributed by atoms with Crippen molar-refractivity contribution in [3.8, 4) is 0 Å². The van der Waals surface area contributed by atoms with Crippen molar-refractivity contribution in [1.29, 1.82) is 0 Å². The number of nitrogens with one attached hydrogen (secondary N) is 1. The number of aliphatic hydroxyl groups excluding tert-OH is 1. The van der Waals surface area contributed by atoms with Crippen LogP contribution in [0.15, 0.2) is 18.2 Å². The Morgan fingerprint density at radius 1 is 1.50 bits per heavy atom. The number of rotatable bonds is 6. The molecule has 2 unspecified atom stereocenters. The molecule has 2 heterocycles. The highest BCUT2D eigenvalue weighted by Gasteiger charge is 2.25. The second-order valence-corrected chi connectivity index (χ2v) is 5.36. The van der Waals surface area contributed by atoms with Crippen molar-refractivity contribution in [3.05, 3.63) is 23.9 Å². The van der Waals surface area contributed by atoms with Gasteiger partial charge in [0, 0.05) is 25.7 Å². The molecule has 2 atom stereocenters. The van der Waals surface area contributed by atoms with Gasteiger partial charge >= 0.3 is 0 Å². The van der Waals surface area contributed by atoms with E-state index in [0.717, 1.165) is 37.6 Å². The molecule has 20 heavy (non-hydrogen) atoms. The van der Waals surface area contributed by atoms with E-state index in [2.05, 4.69) is 29.0 Å². The van der Waals surface area contributed by atoms with Gasteiger partial charge in [0.15, 0.2) is 0 Å². The van der Waals surface area contributed by atoms with E-state index in [1.807, 2.05) is 18.2 Å². The summed E-state index contributed by atoms with van der Waals surface area (Å²) < 4.78 is 5.56. The molecule has 1 fully saturated rings. The summed E-state index contributed by atoms with van der Waals surface area (Å²) in [5.74, 6) is 0.934. The van der Waals surface area contributed by atoms with Gasteiger partial charge in [0.2, 0.25) is 0 Å². The second kappa shape index (κ2) is 7.57. The van der Waals surface area contributed by atoms with Crippen molar-refractivity contribution in [1.82, 2.24) is 9.88 Å². The van der Waals surface area contributed by atoms with Crippen LogP contribution in [0.2, 0.25) is 0 Å². The first-order valence-corrected chi connectivity index (χ1v) is 7.39. The lowest BCUT2D eigenvalue weighted by molar-refractivity contribution is -0.0808. The fourth-order valence-corrected chi connectivity index (χ4v) is 2.33. The van der Waals surface area contributed by atoms with Crippen molar-refractivity contribution in [2.24, 2.45) is 0 Å². The summed E-state index contributed by atoms with van der Waals surface area (Å²) in [5.41, 5.74) is 1.05. The van der Waals surface area contributed by atoms with Gasteiger partial charge in [0.1, 0.15) is 5.82 Å². The van der Waals surface area contributed by atoms with Gasteiger partial charge < -0.3 is 15.2 Å². The molecule has 2 N–H and O–H groups in total. The molecule has 2 rings (SSSR count). The summed E-state index contributed by atoms with van der Waals surface area (Å²) in [7, 11) is 0. The quantitative estimate of drug-likeness (QED) is 0.826. The highest BCUT2D eigenvalue weighted by atomic mass is 16.5. The van der Waals surface area contributed by atoms with Gasteiger partial charge in [0.05, 0.1) is 25.0 Å². The van der Waals surface area contributed by atoms with E-state index in [1.165, 1.54) is 0 Å². The van der Waals surface area contributed by atoms with Gasteiger partial charge in [0.25, 0.3) is 0 Å². The number of hydrogen-bond acceptors (Lipinski definition) is 5. The van der Waals surface area contributed by atoms with Crippen LogP contribution in [0, 0.1) is 0 Å². The Bertz CT molecular complexity index is 414. The normalized spacial score (nSPS) is 23.8. The summed E-state index contributed by atoms with van der Waals surface area (Å²) in [6.07, 6.45) is 1.01. The molecule has 5 nitrogen and oxygen atoms in total. The van der Waals surface area contributed by atoms with Crippen LogP contribution < -0.4 is 5.32 Å². The molecule has 1 aliphatic rings. The van der Waals surface area contributed by atoms with Crippen LogP contribution in [0.25, 0.3) is 0 Å². The predicted octanol–water partition coefficient (Wildman–Crippen LogP) is 1.49. The molecular formula is C15H25N3O2. The Labute approximate surface area is 121 Å². The first kappa shape index (κ1) is 15.2. The van der Waals surface area contributed by atoms with E-state index in [9.17, 15) is 5.11 Å². The van der Waals surface area contributed by atoms with Crippen LogP contribution in [0.3, 0.4) is 0 Å². The summed E-state index contributed by atoms with van der Waals surface area (Å²) in [5, 5.41) is 12.5. The topological polar surface area (TPSA) is 57.6 Å². The van der Waals surface area contributed by atoms with Crippen molar-refractivity contribution in [2.45, 2.75) is 39.0 Å². The van der Waals surface area contributed by atoms with Crippen LogP contribution in [0.1, 0.15) is 26.0 Å². The third-order valence-electron chi connectivity index (χ3n) is 3.57. The van der Waals surface area contributed by atoms with Crippen LogP contribution in [0.4, 0.5) is 5.82 Å². The zero-order chi connectivity index (χ0) is 14.4. The number of aliphatic hydroxyl groups is 1. The fourth-order valence-electron chi connectivity index (χ4n) is 2.33. The number of morpholine rings is 1. The Morgan fingerprint density at radius 2 is 2.35 bits per heavy atom. The summed E-state index contributed by atoms with van der Waals surface area (Å²) in [6, 6.07) is 6.44. The summed E-state index contributed by atoms with van der Waals surface area (Å²) >= 11 is 0. The number of nitrogens with zero attached hydrogens (tertiary/aromatic N) is 2. The van der Waals surface area contributed by atoms with Gasteiger partial charge in [-0.3, -0.25) is 4.90 Å². The molecular weight excluding hydrogens is 254 g/mol. The molecule has 1 aromatic heterocycles. The number of anilines is 1. The van der Waals surface area contributed by atoms with E-state index in [1.54, 1.807) is 0 Å². The SMILES string of the molecule is CCCNc1cccc(CN2CC(CO)OCC2C)n1. The number of aromatic nitrogens is 1. The Kier molecular flexibility index (Phi) is 5.76. The second-order valence-electron chi connectivity index (χ2n) is 5.36. The van der Waals surface area contributed by atoms with Crippen molar-refractivity contribution >= 4 is 5.82 Å². The summed E-state index contributed by atoms with van der Waals surface area (Å²) in [6.45, 7) is 7.52. The van der Waals surface area contributed by atoms with Crippen LogP contribution >= 0.6 is 0 Å². The highest BCUT2D eigenvalue weighted by molar-refractivity contribution is 5.35. The minimum atomic E-state index is -0.0763. The molecule has 0 radical (unpaired) electrons. The minimum Gasteiger partial charge on any atom is -0.394 e. The lowest BCUT2D eigenvalue weighted by atomic mass is 10.2. The molecule has 0 amide bonds. The third kappa shape index (κ3) is 4.16. The van der Waals surface area contributed by atoms with Crippen molar-refractivity contribution in [3.63, 3.8) is 0 Å². The average Bonchev–Trinajstić information content (AvgIpc) is 2.48. The third-order valence-corrected chi connectivity index (χ3v) is 3.57. The monoisotopic (exact) mass is 279 g/mol. The maximum absolute atomic E-state index is 9.23. The molecule has 0 aliphatic carbocycles. The molecule has 1 saturated heterocycles. The Balaban J connectivity index is 1.97. The maximum Gasteiger partial charge on any atom is 0.126 e. The lowest BCUT2D eigenvalue weighted by Crippen LogP contribution is -2.48. The summed E-state index contributed by atoms with van der Waals surface area (Å²) in [4.78, 5) is 6.95. The zero-order valence-electron chi connectivity index (χ0n) is 12.4. The molecule has 1 aliphatic heterocycles. The van der Waals surface area contributed by atoms with Crippen LogP contribution in [-0.2, 0) is 11.3 Å². The Morgan fingerprint density at radius 3 is 3.10 bits per heavy atom. The van der Waals surface area contributed by atoms with Gasteiger partial charge in [-0.25, -0.2) is 4.98 Å². The standard InChI is InChI=1S/C15H25N3O2/c1-3-7-16-15-6-4-5-13(17-15)8-18-9-14(10-19)20-11-12(18)2/h4-6,12,14,19H,3,7-11H2,1-2H3,(H,16,17). The van der Waals surface area contributed by atoms with Gasteiger partial charge in [-0.05, 0) is 25.5 Å². The average molecular weight is 279 g/mol. The Hall–Kier alpha value is -1.17. The predicted molar refractivity (Wildman–Crippen MR) is 79.7 cm³/mol. The number of pyridine rings is 1. The van der Waals surface area contributed by atoms with E-state index in [-0.39, 0.29) is 12.7 Å². The molecule has 112 valence electrons. The highest BCUT2D eigenvalue weighted by Crippen LogP contribution is 2.15. The molecule has 0 spiro atoms. The number of hydrogen-bond donors (Lipinski definition) is 2. The zero-order valence-corrected chi connectivity index (χ0v) is 12.4. The molecule has 1 aromatic rings. The first-order valence-electron chi connectivity index (χ1n) is 7.39. The van der Waals surface area contributed by atoms with E-state index >= 15 is 0 Å². The lowest BCUT2D eigenvalue weighted by Gasteiger charge is -2.37. The number of ether oxygens (including phenoxy) is 1. The van der Waals surface area contributed by atoms with Crippen molar-refractivity contribution in [2.75, 3.05) is 31.6 Å². The fraction of sp³-hybridized carbons (Fsp3) is 0.667. The minimum absolute atomic E-state index is 0.0763. The maximum atomic E-state index is 9.23. The molecule has 0 aromatic carbocycles. The van der Waals surface area contributed by atoms with E-state index in [4.69, 9.17) is 4.74 Å². The molecule has 0 bridgehead atoms. The van der Waals surface area contributed by atoms with Gasteiger partial charge in [-0.15, -0.1) is 0 Å². The van der Waals surface area contributed by atoms with Crippen LogP contribution in [-0.4, -0.2) is 53.4 Å². The van der Waals surface area contributed by atoms with Gasteiger partial charge in [-0.2, -0.15) is 0 Å². The van der Waals surface area contributed by atoms with E-state index in [0.29, 0.717) is 12.6 Å².